The molecule has 0 amide bonds. The van der Waals surface area contributed by atoms with Crippen LogP contribution in [0.2, 0.25) is 0 Å². The highest BCUT2D eigenvalue weighted by Gasteiger charge is 2.37. The summed E-state index contributed by atoms with van der Waals surface area (Å²) in [5.74, 6) is 1.91. The van der Waals surface area contributed by atoms with Crippen molar-refractivity contribution in [3.05, 3.63) is 32.6 Å². The number of aliphatic imine (C=N–C) groups is 1. The molecule has 30 heavy (non-hydrogen) atoms. The number of rotatable bonds is 9. The van der Waals surface area contributed by atoms with Crippen molar-refractivity contribution in [2.24, 2.45) is 21.9 Å². The summed E-state index contributed by atoms with van der Waals surface area (Å²) in [6.07, 6.45) is 8.55. The smallest absolute Gasteiger partial charge is 0.104 e. The topological polar surface area (TPSA) is 40.9 Å². The second kappa shape index (κ2) is 9.39. The maximum Gasteiger partial charge on any atom is 0.104 e. The highest BCUT2D eigenvalue weighted by atomic mass is 32.2. The molecule has 3 aliphatic rings. The van der Waals surface area contributed by atoms with Crippen LogP contribution in [-0.2, 0) is 0 Å². The van der Waals surface area contributed by atoms with Crippen LogP contribution < -0.4 is 0 Å². The molecular formula is C24H34N4S2. The molecule has 0 aromatic carbocycles. The molecule has 6 heteroatoms. The Morgan fingerprint density at radius 1 is 1.40 bits per heavy atom. The lowest BCUT2D eigenvalue weighted by Crippen LogP contribution is -2.30. The normalized spacial score (nSPS) is 28.4. The molecule has 1 aromatic heterocycles. The van der Waals surface area contributed by atoms with E-state index in [9.17, 15) is 0 Å². The van der Waals surface area contributed by atoms with Crippen LogP contribution in [0.4, 0.5) is 0 Å². The van der Waals surface area contributed by atoms with Gasteiger partial charge in [0.15, 0.2) is 0 Å². The zero-order valence-corrected chi connectivity index (χ0v) is 20.5. The van der Waals surface area contributed by atoms with Crippen LogP contribution >= 0.6 is 23.1 Å². The summed E-state index contributed by atoms with van der Waals surface area (Å²) in [5.41, 5.74) is 4.87. The summed E-state index contributed by atoms with van der Waals surface area (Å²) in [7, 11) is 0. The molecule has 4 rings (SSSR count). The maximum atomic E-state index is 5.01. The summed E-state index contributed by atoms with van der Waals surface area (Å²) < 4.78 is 0. The van der Waals surface area contributed by atoms with E-state index in [2.05, 4.69) is 56.5 Å². The van der Waals surface area contributed by atoms with Gasteiger partial charge in [0.1, 0.15) is 5.01 Å². The number of nitrogens with zero attached hydrogens (tertiary/aromatic N) is 4. The minimum atomic E-state index is 0.325. The molecule has 2 fully saturated rings. The second-order valence-electron chi connectivity index (χ2n) is 8.93. The van der Waals surface area contributed by atoms with Crippen molar-refractivity contribution in [2.45, 2.75) is 78.7 Å². The van der Waals surface area contributed by atoms with E-state index in [1.807, 2.05) is 0 Å². The van der Waals surface area contributed by atoms with Gasteiger partial charge in [-0.25, -0.2) is 4.98 Å². The standard InChI is InChI=1S/C24H34N4S2/c1-6-8-19-11-20(19)25-22(7-2)29-13-15(3)21-14-30-24(26-21)23-16(4)27-28(17(23)5)12-18-9-10-18/h7,13-14,17-19,23H,6,8-12H2,1-5H3/b15-13+,22-7+,25-20-. The van der Waals surface area contributed by atoms with Crippen LogP contribution in [0.3, 0.4) is 0 Å². The molecule has 2 saturated carbocycles. The molecule has 1 aromatic rings. The van der Waals surface area contributed by atoms with Gasteiger partial charge < -0.3 is 0 Å². The summed E-state index contributed by atoms with van der Waals surface area (Å²) >= 11 is 3.49. The van der Waals surface area contributed by atoms with Gasteiger partial charge in [0.25, 0.3) is 0 Å². The van der Waals surface area contributed by atoms with E-state index in [0.717, 1.165) is 29.1 Å². The van der Waals surface area contributed by atoms with Crippen LogP contribution in [-0.4, -0.2) is 34.0 Å². The van der Waals surface area contributed by atoms with Gasteiger partial charge in [-0.05, 0) is 70.3 Å². The largest absolute Gasteiger partial charge is 0.293 e. The monoisotopic (exact) mass is 442 g/mol. The van der Waals surface area contributed by atoms with E-state index in [1.54, 1.807) is 23.1 Å². The van der Waals surface area contributed by atoms with Crippen LogP contribution in [0, 0.1) is 11.8 Å². The van der Waals surface area contributed by atoms with E-state index < -0.39 is 0 Å². The number of allylic oxidation sites excluding steroid dienone is 2. The predicted molar refractivity (Wildman–Crippen MR) is 132 cm³/mol. The molecule has 1 aliphatic heterocycles. The number of hydrogen-bond acceptors (Lipinski definition) is 6. The summed E-state index contributed by atoms with van der Waals surface area (Å²) in [5, 5.41) is 13.9. The Balaban J connectivity index is 1.39. The van der Waals surface area contributed by atoms with Gasteiger partial charge in [-0.2, -0.15) is 5.10 Å². The van der Waals surface area contributed by atoms with Crippen LogP contribution in [0.25, 0.3) is 5.57 Å². The first kappa shape index (κ1) is 21.8. The van der Waals surface area contributed by atoms with Crippen molar-refractivity contribution < 1.29 is 0 Å². The molecule has 3 atom stereocenters. The van der Waals surface area contributed by atoms with Gasteiger partial charge in [0.2, 0.25) is 0 Å². The number of thiazole rings is 1. The molecule has 3 unspecified atom stereocenters. The molecular weight excluding hydrogens is 408 g/mol. The first-order chi connectivity index (χ1) is 14.5. The van der Waals surface area contributed by atoms with Crippen molar-refractivity contribution >= 4 is 40.1 Å². The number of thioether (sulfide) groups is 1. The lowest BCUT2D eigenvalue weighted by atomic mass is 9.98. The fourth-order valence-electron chi connectivity index (χ4n) is 4.10. The van der Waals surface area contributed by atoms with Crippen molar-refractivity contribution in [1.29, 1.82) is 0 Å². The van der Waals surface area contributed by atoms with E-state index >= 15 is 0 Å². The summed E-state index contributed by atoms with van der Waals surface area (Å²) in [6.45, 7) is 12.0. The maximum absolute atomic E-state index is 5.01. The molecule has 2 aliphatic carbocycles. The summed E-state index contributed by atoms with van der Waals surface area (Å²) in [6, 6.07) is 0.406. The number of aromatic nitrogens is 1. The zero-order valence-electron chi connectivity index (χ0n) is 18.9. The van der Waals surface area contributed by atoms with Crippen molar-refractivity contribution in [3.8, 4) is 0 Å². The molecule has 0 N–H and O–H groups in total. The molecule has 0 radical (unpaired) electrons. The third kappa shape index (κ3) is 5.08. The van der Waals surface area contributed by atoms with Crippen LogP contribution in [0.1, 0.15) is 83.3 Å². The molecule has 4 nitrogen and oxygen atoms in total. The Morgan fingerprint density at radius 3 is 2.90 bits per heavy atom. The summed E-state index contributed by atoms with van der Waals surface area (Å²) in [4.78, 5) is 9.86. The van der Waals surface area contributed by atoms with Crippen LogP contribution in [0.5, 0.6) is 0 Å². The minimum absolute atomic E-state index is 0.325. The lowest BCUT2D eigenvalue weighted by molar-refractivity contribution is 0.224. The van der Waals surface area contributed by atoms with Crippen molar-refractivity contribution in [1.82, 2.24) is 9.99 Å². The fourth-order valence-corrected chi connectivity index (χ4v) is 5.96. The first-order valence-electron chi connectivity index (χ1n) is 11.3. The fraction of sp³-hybridized carbons (Fsp3) is 0.625. The minimum Gasteiger partial charge on any atom is -0.293 e. The van der Waals surface area contributed by atoms with E-state index in [4.69, 9.17) is 15.1 Å². The molecule has 162 valence electrons. The highest BCUT2D eigenvalue weighted by molar-refractivity contribution is 8.05. The van der Waals surface area contributed by atoms with Gasteiger partial charge >= 0.3 is 0 Å². The molecule has 0 bridgehead atoms. The Hall–Kier alpha value is -1.40. The first-order valence-corrected chi connectivity index (χ1v) is 13.1. The Morgan fingerprint density at radius 2 is 2.20 bits per heavy atom. The highest BCUT2D eigenvalue weighted by Crippen LogP contribution is 2.38. The molecule has 0 spiro atoms. The van der Waals surface area contributed by atoms with Gasteiger partial charge in [0, 0.05) is 29.3 Å². The van der Waals surface area contributed by atoms with Crippen LogP contribution in [0.15, 0.2) is 32.0 Å². The van der Waals surface area contributed by atoms with E-state index in [1.165, 1.54) is 54.1 Å². The third-order valence-electron chi connectivity index (χ3n) is 6.28. The SMILES string of the molecule is C/C=C(\N=C1\CC1CCC)S/C=C(\C)c1csc(C2C(C)=NN(CC3CC3)C2C)n1. The van der Waals surface area contributed by atoms with Gasteiger partial charge in [0.05, 0.1) is 22.7 Å². The Labute approximate surface area is 189 Å². The second-order valence-corrected chi connectivity index (χ2v) is 10.7. The van der Waals surface area contributed by atoms with Gasteiger partial charge in [-0.1, -0.05) is 31.2 Å². The predicted octanol–water partition coefficient (Wildman–Crippen LogP) is 6.93. The van der Waals surface area contributed by atoms with Gasteiger partial charge in [-0.15, -0.1) is 11.3 Å². The quantitative estimate of drug-likeness (QED) is 0.416. The average Bonchev–Trinajstić information content (AvgIpc) is 3.61. The number of hydrazone groups is 1. The van der Waals surface area contributed by atoms with E-state index in [-0.39, 0.29) is 0 Å². The van der Waals surface area contributed by atoms with Crippen molar-refractivity contribution in [2.75, 3.05) is 6.54 Å². The Kier molecular flexibility index (Phi) is 6.83. The average molecular weight is 443 g/mol. The third-order valence-corrected chi connectivity index (χ3v) is 8.25. The van der Waals surface area contributed by atoms with Crippen molar-refractivity contribution in [3.63, 3.8) is 0 Å². The van der Waals surface area contributed by atoms with Gasteiger partial charge in [-0.3, -0.25) is 10.0 Å². The Bertz CT molecular complexity index is 891. The lowest BCUT2D eigenvalue weighted by Gasteiger charge is -2.23. The molecule has 2 heterocycles. The molecule has 0 saturated heterocycles. The number of hydrogen-bond donors (Lipinski definition) is 0. The zero-order chi connectivity index (χ0) is 21.3. The van der Waals surface area contributed by atoms with E-state index in [0.29, 0.717) is 12.0 Å².